The Kier molecular flexibility index (Phi) is 1.22. The zero-order valence-corrected chi connectivity index (χ0v) is 6.27. The van der Waals surface area contributed by atoms with E-state index in [1.54, 1.807) is 6.08 Å². The summed E-state index contributed by atoms with van der Waals surface area (Å²) >= 11 is 0. The van der Waals surface area contributed by atoms with Crippen LogP contribution in [0, 0.1) is 16.0 Å². The maximum absolute atomic E-state index is 10.5. The Balaban J connectivity index is 2.27. The molecule has 1 fully saturated rings. The molecule has 0 aromatic rings. The van der Waals surface area contributed by atoms with Gasteiger partial charge in [-0.2, -0.15) is 0 Å². The molecule has 2 unspecified atom stereocenters. The van der Waals surface area contributed by atoms with Crippen molar-refractivity contribution in [1.29, 1.82) is 0 Å². The SMILES string of the molecule is O=CC1=CC2CC2([N+](=O)[O-])C=C1. The molecule has 0 spiro atoms. The number of hydrogen-bond acceptors (Lipinski definition) is 3. The number of rotatable bonds is 2. The van der Waals surface area contributed by atoms with E-state index in [4.69, 9.17) is 0 Å². The molecule has 2 rings (SSSR count). The second kappa shape index (κ2) is 2.03. The minimum atomic E-state index is -0.869. The monoisotopic (exact) mass is 165 g/mol. The van der Waals surface area contributed by atoms with Crippen LogP contribution in [-0.2, 0) is 4.79 Å². The van der Waals surface area contributed by atoms with Crippen molar-refractivity contribution in [2.75, 3.05) is 0 Å². The zero-order chi connectivity index (χ0) is 8.77. The molecule has 62 valence electrons. The number of aldehydes is 1. The first-order valence-corrected chi connectivity index (χ1v) is 3.70. The normalized spacial score (nSPS) is 36.7. The van der Waals surface area contributed by atoms with Gasteiger partial charge in [0.2, 0.25) is 5.54 Å². The molecule has 0 bridgehead atoms. The number of nitrogens with zero attached hydrogens (tertiary/aromatic N) is 1. The number of fused-ring (bicyclic) bond motifs is 1. The van der Waals surface area contributed by atoms with Crippen LogP contribution in [0.25, 0.3) is 0 Å². The molecule has 0 aromatic heterocycles. The predicted octanol–water partition coefficient (Wildman–Crippen LogP) is 0.717. The van der Waals surface area contributed by atoms with Crippen molar-refractivity contribution in [3.05, 3.63) is 33.9 Å². The number of allylic oxidation sites excluding steroid dienone is 2. The Morgan fingerprint density at radius 2 is 2.50 bits per heavy atom. The average Bonchev–Trinajstić information content (AvgIpc) is 2.78. The highest BCUT2D eigenvalue weighted by molar-refractivity contribution is 5.78. The van der Waals surface area contributed by atoms with Crippen LogP contribution in [0.4, 0.5) is 0 Å². The summed E-state index contributed by atoms with van der Waals surface area (Å²) in [7, 11) is 0. The molecule has 2 aliphatic carbocycles. The van der Waals surface area contributed by atoms with Gasteiger partial charge in [-0.15, -0.1) is 0 Å². The molecule has 0 aromatic carbocycles. The molecule has 0 saturated heterocycles. The minimum Gasteiger partial charge on any atom is -0.298 e. The average molecular weight is 165 g/mol. The van der Waals surface area contributed by atoms with E-state index in [0.29, 0.717) is 12.0 Å². The van der Waals surface area contributed by atoms with Crippen molar-refractivity contribution in [3.63, 3.8) is 0 Å². The Morgan fingerprint density at radius 1 is 1.75 bits per heavy atom. The molecule has 2 atom stereocenters. The van der Waals surface area contributed by atoms with Crippen LogP contribution in [0.1, 0.15) is 6.42 Å². The first-order chi connectivity index (χ1) is 5.69. The number of carbonyl (C=O) groups is 1. The second-order valence-electron chi connectivity index (χ2n) is 3.18. The Hall–Kier alpha value is -1.45. The van der Waals surface area contributed by atoms with Crippen molar-refractivity contribution >= 4 is 6.29 Å². The van der Waals surface area contributed by atoms with Gasteiger partial charge in [-0.05, 0) is 12.2 Å². The van der Waals surface area contributed by atoms with Gasteiger partial charge in [0, 0.05) is 16.9 Å². The third-order valence-electron chi connectivity index (χ3n) is 2.46. The zero-order valence-electron chi connectivity index (χ0n) is 6.27. The molecule has 1 saturated carbocycles. The topological polar surface area (TPSA) is 60.2 Å². The molecule has 0 radical (unpaired) electrons. The fourth-order valence-electron chi connectivity index (χ4n) is 1.57. The lowest BCUT2D eigenvalue weighted by atomic mass is 10.0. The second-order valence-corrected chi connectivity index (χ2v) is 3.18. The van der Waals surface area contributed by atoms with E-state index in [1.807, 2.05) is 0 Å². The van der Waals surface area contributed by atoms with E-state index in [1.165, 1.54) is 12.2 Å². The third-order valence-corrected chi connectivity index (χ3v) is 2.46. The van der Waals surface area contributed by atoms with Gasteiger partial charge < -0.3 is 0 Å². The van der Waals surface area contributed by atoms with E-state index in [0.717, 1.165) is 6.29 Å². The molecule has 0 N–H and O–H groups in total. The van der Waals surface area contributed by atoms with Crippen molar-refractivity contribution in [1.82, 2.24) is 0 Å². The summed E-state index contributed by atoms with van der Waals surface area (Å²) < 4.78 is 0. The minimum absolute atomic E-state index is 0.0577. The highest BCUT2D eigenvalue weighted by Gasteiger charge is 2.64. The highest BCUT2D eigenvalue weighted by atomic mass is 16.6. The van der Waals surface area contributed by atoms with Gasteiger partial charge >= 0.3 is 0 Å². The molecule has 0 amide bonds. The Labute approximate surface area is 68.7 Å². The van der Waals surface area contributed by atoms with E-state index in [-0.39, 0.29) is 10.8 Å². The van der Waals surface area contributed by atoms with Gasteiger partial charge in [0.1, 0.15) is 6.29 Å². The summed E-state index contributed by atoms with van der Waals surface area (Å²) in [4.78, 5) is 20.6. The first-order valence-electron chi connectivity index (χ1n) is 3.70. The van der Waals surface area contributed by atoms with Gasteiger partial charge in [0.15, 0.2) is 0 Å². The lowest BCUT2D eigenvalue weighted by Crippen LogP contribution is -2.22. The number of hydrogen-bond donors (Lipinski definition) is 0. The van der Waals surface area contributed by atoms with Gasteiger partial charge in [-0.25, -0.2) is 0 Å². The summed E-state index contributed by atoms with van der Waals surface area (Å²) in [6.07, 6.45) is 5.99. The van der Waals surface area contributed by atoms with E-state index < -0.39 is 5.54 Å². The van der Waals surface area contributed by atoms with Gasteiger partial charge in [-0.3, -0.25) is 14.9 Å². The van der Waals surface area contributed by atoms with Crippen molar-refractivity contribution in [2.24, 2.45) is 5.92 Å². The highest BCUT2D eigenvalue weighted by Crippen LogP contribution is 2.50. The lowest BCUT2D eigenvalue weighted by molar-refractivity contribution is -0.527. The molecule has 2 aliphatic rings. The van der Waals surface area contributed by atoms with Crippen LogP contribution < -0.4 is 0 Å². The Morgan fingerprint density at radius 3 is 3.00 bits per heavy atom. The summed E-state index contributed by atoms with van der Waals surface area (Å²) in [5.74, 6) is -0.0577. The Bertz CT molecular complexity index is 318. The summed E-state index contributed by atoms with van der Waals surface area (Å²) in [6, 6.07) is 0. The standard InChI is InChI=1S/C8H7NO3/c10-5-6-1-2-8(9(11)12)4-7(8)3-6/h1-3,5,7H,4H2. The number of carbonyl (C=O) groups excluding carboxylic acids is 1. The van der Waals surface area contributed by atoms with Crippen molar-refractivity contribution < 1.29 is 9.72 Å². The maximum Gasteiger partial charge on any atom is 0.247 e. The first kappa shape index (κ1) is 7.21. The van der Waals surface area contributed by atoms with Crippen LogP contribution in [0.3, 0.4) is 0 Å². The molecular formula is C8H7NO3. The van der Waals surface area contributed by atoms with Gasteiger partial charge in [0.25, 0.3) is 0 Å². The molecular weight excluding hydrogens is 158 g/mol. The van der Waals surface area contributed by atoms with Crippen LogP contribution in [0.5, 0.6) is 0 Å². The van der Waals surface area contributed by atoms with Crippen LogP contribution in [0.2, 0.25) is 0 Å². The van der Waals surface area contributed by atoms with Crippen LogP contribution >= 0.6 is 0 Å². The largest absolute Gasteiger partial charge is 0.298 e. The molecule has 4 heteroatoms. The van der Waals surface area contributed by atoms with Crippen molar-refractivity contribution in [3.8, 4) is 0 Å². The maximum atomic E-state index is 10.5. The fourth-order valence-corrected chi connectivity index (χ4v) is 1.57. The summed E-state index contributed by atoms with van der Waals surface area (Å²) in [5.41, 5.74) is -0.318. The predicted molar refractivity (Wildman–Crippen MR) is 41.1 cm³/mol. The number of nitro groups is 1. The third kappa shape index (κ3) is 0.747. The van der Waals surface area contributed by atoms with Crippen molar-refractivity contribution in [2.45, 2.75) is 12.0 Å². The molecule has 12 heavy (non-hydrogen) atoms. The summed E-state index contributed by atoms with van der Waals surface area (Å²) in [6.45, 7) is 0. The van der Waals surface area contributed by atoms with E-state index in [2.05, 4.69) is 0 Å². The molecule has 0 aliphatic heterocycles. The lowest BCUT2D eigenvalue weighted by Gasteiger charge is -2.05. The van der Waals surface area contributed by atoms with Crippen LogP contribution in [-0.4, -0.2) is 16.7 Å². The van der Waals surface area contributed by atoms with Gasteiger partial charge in [-0.1, -0.05) is 6.08 Å². The van der Waals surface area contributed by atoms with Gasteiger partial charge in [0.05, 0.1) is 5.92 Å². The van der Waals surface area contributed by atoms with E-state index >= 15 is 0 Å². The van der Waals surface area contributed by atoms with Crippen LogP contribution in [0.15, 0.2) is 23.8 Å². The fraction of sp³-hybridized carbons (Fsp3) is 0.375. The molecule has 4 nitrogen and oxygen atoms in total. The quantitative estimate of drug-likeness (QED) is 0.344. The smallest absolute Gasteiger partial charge is 0.247 e. The summed E-state index contributed by atoms with van der Waals surface area (Å²) in [5, 5.41) is 10.5. The molecule has 0 heterocycles. The van der Waals surface area contributed by atoms with E-state index in [9.17, 15) is 14.9 Å².